The molecule has 0 radical (unpaired) electrons. The number of benzene rings is 1. The Balaban J connectivity index is 1.39. The molecule has 5 heterocycles. The highest BCUT2D eigenvalue weighted by atomic mass is 15.1. The van der Waals surface area contributed by atoms with Crippen molar-refractivity contribution in [1.29, 1.82) is 0 Å². The second-order valence-corrected chi connectivity index (χ2v) is 7.88. The Morgan fingerprint density at radius 2 is 1.83 bits per heavy atom. The Bertz CT molecular complexity index is 1310. The van der Waals surface area contributed by atoms with Crippen LogP contribution in [0, 0.1) is 0 Å². The molecule has 7 heteroatoms. The van der Waals surface area contributed by atoms with Gasteiger partial charge in [-0.3, -0.25) is 20.0 Å². The molecule has 0 unspecified atom stereocenters. The van der Waals surface area contributed by atoms with Crippen LogP contribution in [0.5, 0.6) is 0 Å². The van der Waals surface area contributed by atoms with E-state index < -0.39 is 0 Å². The van der Waals surface area contributed by atoms with Gasteiger partial charge in [-0.25, -0.2) is 4.98 Å². The van der Waals surface area contributed by atoms with E-state index in [1.165, 1.54) is 31.5 Å². The molecule has 2 N–H and O–H groups in total. The lowest BCUT2D eigenvalue weighted by molar-refractivity contribution is 0.331. The Hall–Kier alpha value is -3.58. The fourth-order valence-electron chi connectivity index (χ4n) is 4.27. The summed E-state index contributed by atoms with van der Waals surface area (Å²) < 4.78 is 0. The van der Waals surface area contributed by atoms with Gasteiger partial charge in [0, 0.05) is 36.1 Å². The maximum atomic E-state index is 4.68. The highest BCUT2D eigenvalue weighted by Gasteiger charge is 2.15. The number of rotatable bonds is 4. The number of nitrogens with one attached hydrogen (secondary N) is 2. The van der Waals surface area contributed by atoms with Crippen molar-refractivity contribution in [1.82, 2.24) is 35.0 Å². The minimum atomic E-state index is 0.738. The molecule has 1 aliphatic heterocycles. The molecule has 0 amide bonds. The fourth-order valence-corrected chi connectivity index (χ4v) is 4.27. The van der Waals surface area contributed by atoms with Gasteiger partial charge in [0.15, 0.2) is 5.82 Å². The van der Waals surface area contributed by atoms with Crippen molar-refractivity contribution >= 4 is 21.9 Å². The van der Waals surface area contributed by atoms with Gasteiger partial charge in [-0.2, -0.15) is 5.10 Å². The lowest BCUT2D eigenvalue weighted by Crippen LogP contribution is -2.18. The van der Waals surface area contributed by atoms with E-state index in [0.717, 1.165) is 51.1 Å². The number of aromatic amines is 2. The van der Waals surface area contributed by atoms with Gasteiger partial charge in [-0.1, -0.05) is 6.07 Å². The summed E-state index contributed by atoms with van der Waals surface area (Å²) in [6.45, 7) is 3.33. The average Bonchev–Trinajstić information content (AvgIpc) is 3.52. The SMILES string of the molecule is c1cc2nc(-c3n[nH]c4ccc(-c5cncc(CN6CCCC6)c5)cc34)[nH]c2cn1. The molecular formula is C23H21N7. The van der Waals surface area contributed by atoms with Gasteiger partial charge in [-0.15, -0.1) is 0 Å². The van der Waals surface area contributed by atoms with Crippen LogP contribution < -0.4 is 0 Å². The molecule has 1 aromatic carbocycles. The quantitative estimate of drug-likeness (QED) is 0.477. The molecule has 0 saturated carbocycles. The van der Waals surface area contributed by atoms with Gasteiger partial charge in [0.1, 0.15) is 5.69 Å². The predicted molar refractivity (Wildman–Crippen MR) is 117 cm³/mol. The number of fused-ring (bicyclic) bond motifs is 2. The molecule has 0 atom stereocenters. The molecule has 148 valence electrons. The highest BCUT2D eigenvalue weighted by molar-refractivity contribution is 5.95. The van der Waals surface area contributed by atoms with Crippen LogP contribution in [0.3, 0.4) is 0 Å². The molecule has 0 bridgehead atoms. The van der Waals surface area contributed by atoms with Crippen LogP contribution >= 0.6 is 0 Å². The largest absolute Gasteiger partial charge is 0.335 e. The molecule has 6 rings (SSSR count). The molecule has 1 saturated heterocycles. The van der Waals surface area contributed by atoms with Crippen molar-refractivity contribution in [3.8, 4) is 22.6 Å². The maximum absolute atomic E-state index is 4.68. The van der Waals surface area contributed by atoms with Crippen LogP contribution in [-0.2, 0) is 6.54 Å². The smallest absolute Gasteiger partial charge is 0.159 e. The summed E-state index contributed by atoms with van der Waals surface area (Å²) in [6, 6.07) is 10.5. The van der Waals surface area contributed by atoms with Gasteiger partial charge < -0.3 is 4.98 Å². The second-order valence-electron chi connectivity index (χ2n) is 7.88. The summed E-state index contributed by atoms with van der Waals surface area (Å²) in [7, 11) is 0. The lowest BCUT2D eigenvalue weighted by atomic mass is 10.0. The van der Waals surface area contributed by atoms with Crippen LogP contribution in [0.4, 0.5) is 0 Å². The van der Waals surface area contributed by atoms with Gasteiger partial charge >= 0.3 is 0 Å². The fraction of sp³-hybridized carbons (Fsp3) is 0.217. The maximum Gasteiger partial charge on any atom is 0.159 e. The predicted octanol–water partition coefficient (Wildman–Crippen LogP) is 4.16. The number of likely N-dealkylation sites (tertiary alicyclic amines) is 1. The number of nitrogens with zero attached hydrogens (tertiary/aromatic N) is 5. The molecule has 30 heavy (non-hydrogen) atoms. The number of H-pyrrole nitrogens is 2. The topological polar surface area (TPSA) is 86.4 Å². The van der Waals surface area contributed by atoms with Crippen molar-refractivity contribution in [2.24, 2.45) is 0 Å². The van der Waals surface area contributed by atoms with Crippen molar-refractivity contribution in [2.45, 2.75) is 19.4 Å². The van der Waals surface area contributed by atoms with Crippen LogP contribution in [0.2, 0.25) is 0 Å². The first-order chi connectivity index (χ1) is 14.8. The standard InChI is InChI=1S/C23H21N7/c1-2-8-30(7-1)14-15-9-17(12-25-11-15)16-3-4-19-18(10-16)22(29-28-19)23-26-20-5-6-24-13-21(20)27-23/h3-6,9-13H,1-2,7-8,14H2,(H,26,27)(H,28,29). The lowest BCUT2D eigenvalue weighted by Gasteiger charge is -2.14. The van der Waals surface area contributed by atoms with E-state index in [9.17, 15) is 0 Å². The van der Waals surface area contributed by atoms with E-state index in [1.807, 2.05) is 18.5 Å². The summed E-state index contributed by atoms with van der Waals surface area (Å²) in [5, 5.41) is 8.67. The normalized spacial score (nSPS) is 14.8. The van der Waals surface area contributed by atoms with Crippen molar-refractivity contribution in [3.05, 3.63) is 60.7 Å². The molecule has 4 aromatic heterocycles. The zero-order chi connectivity index (χ0) is 19.9. The Morgan fingerprint density at radius 3 is 2.73 bits per heavy atom. The monoisotopic (exact) mass is 395 g/mol. The van der Waals surface area contributed by atoms with Crippen LogP contribution in [-0.4, -0.2) is 48.1 Å². The minimum Gasteiger partial charge on any atom is -0.335 e. The van der Waals surface area contributed by atoms with Gasteiger partial charge in [0.05, 0.1) is 22.7 Å². The summed E-state index contributed by atoms with van der Waals surface area (Å²) >= 11 is 0. The Morgan fingerprint density at radius 1 is 0.900 bits per heavy atom. The number of aromatic nitrogens is 6. The Kier molecular flexibility index (Phi) is 4.06. The highest BCUT2D eigenvalue weighted by Crippen LogP contribution is 2.30. The van der Waals surface area contributed by atoms with E-state index in [0.29, 0.717) is 0 Å². The first-order valence-electron chi connectivity index (χ1n) is 10.3. The minimum absolute atomic E-state index is 0.738. The first kappa shape index (κ1) is 17.3. The third kappa shape index (κ3) is 3.04. The number of imidazole rings is 1. The zero-order valence-electron chi connectivity index (χ0n) is 16.5. The summed E-state index contributed by atoms with van der Waals surface area (Å²) in [4.78, 5) is 19.2. The van der Waals surface area contributed by atoms with Gasteiger partial charge in [-0.05, 0) is 61.3 Å². The number of pyridine rings is 2. The molecule has 0 aliphatic carbocycles. The van der Waals surface area contributed by atoms with Gasteiger partial charge in [0.25, 0.3) is 0 Å². The van der Waals surface area contributed by atoms with E-state index in [4.69, 9.17) is 0 Å². The van der Waals surface area contributed by atoms with Crippen molar-refractivity contribution in [2.75, 3.05) is 13.1 Å². The molecule has 1 aliphatic rings. The van der Waals surface area contributed by atoms with E-state index >= 15 is 0 Å². The van der Waals surface area contributed by atoms with E-state index in [2.05, 4.69) is 59.3 Å². The van der Waals surface area contributed by atoms with Crippen LogP contribution in [0.15, 0.2) is 55.1 Å². The third-order valence-corrected chi connectivity index (χ3v) is 5.80. The van der Waals surface area contributed by atoms with E-state index in [1.54, 1.807) is 12.4 Å². The van der Waals surface area contributed by atoms with Crippen molar-refractivity contribution in [3.63, 3.8) is 0 Å². The number of hydrogen-bond donors (Lipinski definition) is 2. The summed E-state index contributed by atoms with van der Waals surface area (Å²) in [5.74, 6) is 0.738. The molecule has 5 aromatic rings. The van der Waals surface area contributed by atoms with Crippen LogP contribution in [0.25, 0.3) is 44.6 Å². The zero-order valence-corrected chi connectivity index (χ0v) is 16.5. The van der Waals surface area contributed by atoms with Gasteiger partial charge in [0.2, 0.25) is 0 Å². The molecule has 0 spiro atoms. The molecule has 1 fully saturated rings. The summed E-state index contributed by atoms with van der Waals surface area (Å²) in [6.07, 6.45) is 10.0. The second kappa shape index (κ2) is 7.03. The molecule has 7 nitrogen and oxygen atoms in total. The molecular weight excluding hydrogens is 374 g/mol. The van der Waals surface area contributed by atoms with E-state index in [-0.39, 0.29) is 0 Å². The first-order valence-corrected chi connectivity index (χ1v) is 10.3. The number of hydrogen-bond acceptors (Lipinski definition) is 5. The van der Waals surface area contributed by atoms with Crippen molar-refractivity contribution < 1.29 is 0 Å². The average molecular weight is 395 g/mol. The third-order valence-electron chi connectivity index (χ3n) is 5.80. The summed E-state index contributed by atoms with van der Waals surface area (Å²) in [5.41, 5.74) is 7.07. The Labute approximate surface area is 173 Å². The van der Waals surface area contributed by atoms with Crippen LogP contribution in [0.1, 0.15) is 18.4 Å².